The van der Waals surface area contributed by atoms with Crippen molar-refractivity contribution in [2.75, 3.05) is 0 Å². The van der Waals surface area contributed by atoms with Gasteiger partial charge < -0.3 is 19.6 Å². The molecule has 0 fully saturated rings. The standard InChI is InChI=1S/C6H8O12P2S2/c7-19(8,9)3-1-5(21(13,14)15)4(20(10,11)12)2-6(3)22(16,17)18/h1-2H,(H2,7,8,9)(H2,10,11,12)(H,13,14,15)(H,16,17,18). The predicted molar refractivity (Wildman–Crippen MR) is 69.4 cm³/mol. The molecule has 16 heteroatoms. The van der Waals surface area contributed by atoms with Gasteiger partial charge in [0.1, 0.15) is 9.79 Å². The van der Waals surface area contributed by atoms with E-state index in [1.807, 2.05) is 0 Å². The van der Waals surface area contributed by atoms with E-state index in [2.05, 4.69) is 0 Å². The van der Waals surface area contributed by atoms with Gasteiger partial charge in [-0.05, 0) is 12.1 Å². The molecule has 0 radical (unpaired) electrons. The molecular weight excluding hydrogens is 390 g/mol. The van der Waals surface area contributed by atoms with Crippen LogP contribution in [0, 0.1) is 0 Å². The SMILES string of the molecule is O=P(O)(O)c1cc(S(=O)(=O)O)c(P(=O)(O)O)cc1S(=O)(=O)O. The minimum absolute atomic E-state index is 0.131. The third-order valence-electron chi connectivity index (χ3n) is 2.22. The Morgan fingerprint density at radius 1 is 0.682 bits per heavy atom. The molecule has 6 N–H and O–H groups in total. The van der Waals surface area contributed by atoms with E-state index in [0.29, 0.717) is 0 Å². The van der Waals surface area contributed by atoms with Gasteiger partial charge in [0, 0.05) is 0 Å². The van der Waals surface area contributed by atoms with Gasteiger partial charge in [0.05, 0.1) is 10.6 Å². The monoisotopic (exact) mass is 398 g/mol. The van der Waals surface area contributed by atoms with E-state index < -0.39 is 55.8 Å². The topological polar surface area (TPSA) is 224 Å². The summed E-state index contributed by atoms with van der Waals surface area (Å²) in [5.41, 5.74) is 0. The predicted octanol–water partition coefficient (Wildman–Crippen LogP) is -2.21. The Bertz CT molecular complexity index is 839. The minimum atomic E-state index is -5.49. The number of hydrogen-bond acceptors (Lipinski definition) is 6. The zero-order chi connectivity index (χ0) is 17.7. The van der Waals surface area contributed by atoms with Crippen LogP contribution in [0.1, 0.15) is 0 Å². The fourth-order valence-electron chi connectivity index (χ4n) is 1.41. The van der Waals surface area contributed by atoms with Gasteiger partial charge in [0.2, 0.25) is 0 Å². The second-order valence-corrected chi connectivity index (χ2v) is 9.75. The molecular formula is C6H8O12P2S2. The van der Waals surface area contributed by atoms with Crippen LogP contribution in [-0.2, 0) is 29.4 Å². The normalized spacial score (nSPS) is 14.1. The lowest BCUT2D eigenvalue weighted by Crippen LogP contribution is -2.25. The summed E-state index contributed by atoms with van der Waals surface area (Å²) in [6, 6.07) is -0.263. The van der Waals surface area contributed by atoms with Crippen molar-refractivity contribution in [3.63, 3.8) is 0 Å². The maximum absolute atomic E-state index is 11.2. The highest BCUT2D eigenvalue weighted by molar-refractivity contribution is 7.87. The van der Waals surface area contributed by atoms with Crippen molar-refractivity contribution < 1.29 is 54.6 Å². The molecule has 0 unspecified atom stereocenters. The first kappa shape index (κ1) is 19.4. The summed E-state index contributed by atoms with van der Waals surface area (Å²) >= 11 is 0. The van der Waals surface area contributed by atoms with Crippen molar-refractivity contribution in [2.24, 2.45) is 0 Å². The molecule has 126 valence electrons. The zero-order valence-electron chi connectivity index (χ0n) is 10.00. The van der Waals surface area contributed by atoms with Crippen LogP contribution in [0.3, 0.4) is 0 Å². The highest BCUT2D eigenvalue weighted by Crippen LogP contribution is 2.41. The van der Waals surface area contributed by atoms with Crippen LogP contribution in [0.15, 0.2) is 21.9 Å². The van der Waals surface area contributed by atoms with E-state index >= 15 is 0 Å². The summed E-state index contributed by atoms with van der Waals surface area (Å²) in [6.45, 7) is 0. The average Bonchev–Trinajstić information content (AvgIpc) is 2.22. The molecule has 1 aromatic rings. The molecule has 0 aromatic heterocycles. The van der Waals surface area contributed by atoms with E-state index in [9.17, 15) is 26.0 Å². The molecule has 0 spiro atoms. The second kappa shape index (κ2) is 5.46. The zero-order valence-corrected chi connectivity index (χ0v) is 13.4. The molecule has 12 nitrogen and oxygen atoms in total. The Kier molecular flexibility index (Phi) is 4.81. The maximum Gasteiger partial charge on any atom is 0.357 e. The van der Waals surface area contributed by atoms with Crippen molar-refractivity contribution in [3.05, 3.63) is 12.1 Å². The van der Waals surface area contributed by atoms with Gasteiger partial charge in [-0.25, -0.2) is 0 Å². The quantitative estimate of drug-likeness (QED) is 0.234. The van der Waals surface area contributed by atoms with Crippen LogP contribution in [-0.4, -0.2) is 45.5 Å². The minimum Gasteiger partial charge on any atom is -0.321 e. The van der Waals surface area contributed by atoms with Crippen molar-refractivity contribution in [1.82, 2.24) is 0 Å². The molecule has 0 heterocycles. The van der Waals surface area contributed by atoms with Crippen LogP contribution >= 0.6 is 15.2 Å². The van der Waals surface area contributed by atoms with Crippen LogP contribution in [0.4, 0.5) is 0 Å². The largest absolute Gasteiger partial charge is 0.357 e. The first-order valence-corrected chi connectivity index (χ1v) is 10.8. The van der Waals surface area contributed by atoms with E-state index in [4.69, 9.17) is 28.7 Å². The number of hydrogen-bond donors (Lipinski definition) is 6. The lowest BCUT2D eigenvalue weighted by atomic mass is 10.3. The lowest BCUT2D eigenvalue weighted by molar-refractivity contribution is 0.382. The molecule has 0 aliphatic rings. The smallest absolute Gasteiger partial charge is 0.321 e. The molecule has 1 rings (SSSR count). The fraction of sp³-hybridized carbons (Fsp3) is 0. The van der Waals surface area contributed by atoms with Crippen molar-refractivity contribution in [3.8, 4) is 0 Å². The first-order valence-electron chi connectivity index (χ1n) is 4.71. The van der Waals surface area contributed by atoms with E-state index in [-0.39, 0.29) is 12.1 Å². The van der Waals surface area contributed by atoms with Crippen LogP contribution in [0.2, 0.25) is 0 Å². The van der Waals surface area contributed by atoms with Gasteiger partial charge in [-0.15, -0.1) is 0 Å². The Labute approximate surface area is 123 Å². The highest BCUT2D eigenvalue weighted by atomic mass is 32.2. The molecule has 0 amide bonds. The number of benzene rings is 1. The molecule has 1 aromatic carbocycles. The van der Waals surface area contributed by atoms with Gasteiger partial charge in [0.25, 0.3) is 20.2 Å². The molecule has 0 aliphatic carbocycles. The van der Waals surface area contributed by atoms with E-state index in [0.717, 1.165) is 0 Å². The van der Waals surface area contributed by atoms with Crippen LogP contribution in [0.5, 0.6) is 0 Å². The maximum atomic E-state index is 11.2. The highest BCUT2D eigenvalue weighted by Gasteiger charge is 2.36. The summed E-state index contributed by atoms with van der Waals surface area (Å²) < 4.78 is 84.5. The van der Waals surface area contributed by atoms with E-state index in [1.165, 1.54) is 0 Å². The van der Waals surface area contributed by atoms with Gasteiger partial charge in [-0.1, -0.05) is 0 Å². The Balaban J connectivity index is 4.17. The van der Waals surface area contributed by atoms with E-state index in [1.54, 1.807) is 0 Å². The third kappa shape index (κ3) is 4.20. The fourth-order valence-corrected chi connectivity index (χ4v) is 5.47. The molecule has 0 atom stereocenters. The van der Waals surface area contributed by atoms with Gasteiger partial charge in [0.15, 0.2) is 0 Å². The summed E-state index contributed by atoms with van der Waals surface area (Å²) in [5.74, 6) is 0. The Hall–Kier alpha value is -0.660. The van der Waals surface area contributed by atoms with Crippen molar-refractivity contribution >= 4 is 46.0 Å². The lowest BCUT2D eigenvalue weighted by Gasteiger charge is -2.14. The number of rotatable bonds is 4. The molecule has 0 bridgehead atoms. The van der Waals surface area contributed by atoms with Gasteiger partial charge in [-0.3, -0.25) is 18.2 Å². The van der Waals surface area contributed by atoms with Crippen LogP contribution in [0.25, 0.3) is 0 Å². The Morgan fingerprint density at radius 3 is 1.05 bits per heavy atom. The second-order valence-electron chi connectivity index (χ2n) is 3.83. The summed E-state index contributed by atoms with van der Waals surface area (Å²) in [4.78, 5) is 32.7. The molecule has 0 saturated carbocycles. The van der Waals surface area contributed by atoms with Crippen molar-refractivity contribution in [2.45, 2.75) is 9.79 Å². The molecule has 22 heavy (non-hydrogen) atoms. The molecule has 0 saturated heterocycles. The summed E-state index contributed by atoms with van der Waals surface area (Å²) in [7, 11) is -21.7. The molecule has 0 aliphatic heterocycles. The summed E-state index contributed by atoms with van der Waals surface area (Å²) in [5, 5.41) is -3.11. The first-order chi connectivity index (χ1) is 9.45. The van der Waals surface area contributed by atoms with Crippen LogP contribution < -0.4 is 10.6 Å². The van der Waals surface area contributed by atoms with Crippen molar-refractivity contribution in [1.29, 1.82) is 0 Å². The summed E-state index contributed by atoms with van der Waals surface area (Å²) in [6.07, 6.45) is 0. The average molecular weight is 398 g/mol. The third-order valence-corrected chi connectivity index (χ3v) is 6.31. The van der Waals surface area contributed by atoms with Gasteiger partial charge >= 0.3 is 15.2 Å². The Morgan fingerprint density at radius 2 is 0.909 bits per heavy atom. The van der Waals surface area contributed by atoms with Gasteiger partial charge in [-0.2, -0.15) is 16.8 Å².